The molecule has 0 aliphatic heterocycles. The van der Waals surface area contributed by atoms with Gasteiger partial charge in [0.2, 0.25) is 0 Å². The molecule has 0 amide bonds. The third-order valence-electron chi connectivity index (χ3n) is 3.01. The zero-order valence-corrected chi connectivity index (χ0v) is 9.24. The van der Waals surface area contributed by atoms with Crippen molar-refractivity contribution < 1.29 is 23.4 Å². The fraction of sp³-hybridized carbons (Fsp3) is 0.417. The first kappa shape index (κ1) is 11.8. The zero-order chi connectivity index (χ0) is 12.6. The van der Waals surface area contributed by atoms with Crippen molar-refractivity contribution in [1.82, 2.24) is 0 Å². The number of carboxylic acid groups (broad SMARTS) is 1. The average molecular weight is 242 g/mol. The molecular weight excluding hydrogens is 230 g/mol. The molecule has 0 aromatic heterocycles. The highest BCUT2D eigenvalue weighted by molar-refractivity contribution is 5.75. The first-order valence-electron chi connectivity index (χ1n) is 5.25. The van der Waals surface area contributed by atoms with E-state index >= 15 is 0 Å². The summed E-state index contributed by atoms with van der Waals surface area (Å²) in [4.78, 5) is 10.8. The van der Waals surface area contributed by atoms with Crippen molar-refractivity contribution in [2.75, 3.05) is 0 Å². The Hall–Kier alpha value is -1.65. The molecule has 92 valence electrons. The summed E-state index contributed by atoms with van der Waals surface area (Å²) in [6, 6.07) is 2.92. The molecule has 0 bridgehead atoms. The molecule has 0 saturated heterocycles. The summed E-state index contributed by atoms with van der Waals surface area (Å²) in [6.07, 6.45) is 0.401. The minimum Gasteiger partial charge on any atom is -0.490 e. The maximum Gasteiger partial charge on any atom is 0.309 e. The minimum atomic E-state index is -0.872. The van der Waals surface area contributed by atoms with E-state index in [1.807, 2.05) is 0 Å². The number of carboxylic acids is 1. The average Bonchev–Trinajstić information content (AvgIpc) is 2.12. The summed E-state index contributed by atoms with van der Waals surface area (Å²) in [5.74, 6) is -2.19. The van der Waals surface area contributed by atoms with E-state index in [1.165, 1.54) is 0 Å². The van der Waals surface area contributed by atoms with E-state index in [0.717, 1.165) is 18.2 Å². The Morgan fingerprint density at radius 1 is 1.35 bits per heavy atom. The molecule has 1 fully saturated rings. The highest BCUT2D eigenvalue weighted by Crippen LogP contribution is 2.42. The summed E-state index contributed by atoms with van der Waals surface area (Å²) in [6.45, 7) is 1.63. The van der Waals surface area contributed by atoms with E-state index in [-0.39, 0.29) is 11.9 Å². The molecule has 0 spiro atoms. The Bertz CT molecular complexity index is 433. The Morgan fingerprint density at radius 3 is 2.35 bits per heavy atom. The SMILES string of the molecule is CC1(C(=O)O)CC(Oc2cc(F)cc(F)c2)C1. The molecule has 0 unspecified atom stereocenters. The molecule has 1 saturated carbocycles. The topological polar surface area (TPSA) is 46.5 Å². The summed E-state index contributed by atoms with van der Waals surface area (Å²) >= 11 is 0. The largest absolute Gasteiger partial charge is 0.490 e. The number of benzene rings is 1. The van der Waals surface area contributed by atoms with Crippen molar-refractivity contribution in [3.05, 3.63) is 29.8 Å². The zero-order valence-electron chi connectivity index (χ0n) is 9.24. The van der Waals surface area contributed by atoms with Crippen LogP contribution >= 0.6 is 0 Å². The molecule has 2 rings (SSSR count). The van der Waals surface area contributed by atoms with E-state index < -0.39 is 23.0 Å². The quantitative estimate of drug-likeness (QED) is 0.886. The number of carbonyl (C=O) groups is 1. The molecule has 1 aliphatic rings. The van der Waals surface area contributed by atoms with E-state index in [2.05, 4.69) is 0 Å². The lowest BCUT2D eigenvalue weighted by atomic mass is 9.68. The van der Waals surface area contributed by atoms with Gasteiger partial charge < -0.3 is 9.84 Å². The van der Waals surface area contributed by atoms with Crippen LogP contribution in [0, 0.1) is 17.0 Å². The van der Waals surface area contributed by atoms with Crippen molar-refractivity contribution in [1.29, 1.82) is 0 Å². The summed E-state index contributed by atoms with van der Waals surface area (Å²) in [7, 11) is 0. The van der Waals surface area contributed by atoms with Gasteiger partial charge in [-0.15, -0.1) is 0 Å². The van der Waals surface area contributed by atoms with Gasteiger partial charge in [0.15, 0.2) is 0 Å². The molecule has 1 aromatic rings. The number of hydrogen-bond donors (Lipinski definition) is 1. The van der Waals surface area contributed by atoms with Crippen molar-refractivity contribution >= 4 is 5.97 Å². The first-order valence-corrected chi connectivity index (χ1v) is 5.25. The predicted octanol–water partition coefficient (Wildman–Crippen LogP) is 2.60. The van der Waals surface area contributed by atoms with E-state index in [0.29, 0.717) is 12.8 Å². The second-order valence-corrected chi connectivity index (χ2v) is 4.62. The van der Waals surface area contributed by atoms with Crippen molar-refractivity contribution in [2.45, 2.75) is 25.9 Å². The fourth-order valence-electron chi connectivity index (χ4n) is 1.99. The van der Waals surface area contributed by atoms with Crippen molar-refractivity contribution in [3.8, 4) is 5.75 Å². The Labute approximate surface area is 97.0 Å². The normalized spacial score (nSPS) is 27.4. The maximum atomic E-state index is 12.9. The number of halogens is 2. The van der Waals surface area contributed by atoms with Gasteiger partial charge >= 0.3 is 5.97 Å². The van der Waals surface area contributed by atoms with E-state index in [4.69, 9.17) is 9.84 Å². The van der Waals surface area contributed by atoms with Gasteiger partial charge in [-0.1, -0.05) is 0 Å². The van der Waals surface area contributed by atoms with Gasteiger partial charge in [-0.25, -0.2) is 8.78 Å². The second kappa shape index (κ2) is 3.98. The third-order valence-corrected chi connectivity index (χ3v) is 3.01. The minimum absolute atomic E-state index is 0.0972. The molecule has 1 N–H and O–H groups in total. The monoisotopic (exact) mass is 242 g/mol. The standard InChI is InChI=1S/C12H12F2O3/c1-12(11(15)16)5-10(6-12)17-9-3-7(13)2-8(14)4-9/h2-4,10H,5-6H2,1H3,(H,15,16). The van der Waals surface area contributed by atoms with Gasteiger partial charge in [-0.2, -0.15) is 0 Å². The Kier molecular flexibility index (Phi) is 2.77. The highest BCUT2D eigenvalue weighted by atomic mass is 19.1. The third kappa shape index (κ3) is 2.38. The molecule has 1 aromatic carbocycles. The van der Waals surface area contributed by atoms with Crippen LogP contribution < -0.4 is 4.74 Å². The molecule has 3 nitrogen and oxygen atoms in total. The van der Waals surface area contributed by atoms with E-state index in [1.54, 1.807) is 6.92 Å². The smallest absolute Gasteiger partial charge is 0.309 e. The van der Waals surface area contributed by atoms with Crippen LogP contribution in [0.2, 0.25) is 0 Å². The molecule has 5 heteroatoms. The molecule has 0 heterocycles. The molecular formula is C12H12F2O3. The van der Waals surface area contributed by atoms with Gasteiger partial charge in [0, 0.05) is 31.0 Å². The molecule has 0 radical (unpaired) electrons. The number of hydrogen-bond acceptors (Lipinski definition) is 2. The van der Waals surface area contributed by atoms with Crippen molar-refractivity contribution in [2.24, 2.45) is 5.41 Å². The van der Waals surface area contributed by atoms with Crippen LogP contribution in [0.3, 0.4) is 0 Å². The first-order chi connectivity index (χ1) is 7.89. The van der Waals surface area contributed by atoms with Gasteiger partial charge in [0.05, 0.1) is 5.41 Å². The lowest BCUT2D eigenvalue weighted by molar-refractivity contribution is -0.159. The maximum absolute atomic E-state index is 12.9. The summed E-state index contributed by atoms with van der Waals surface area (Å²) in [5, 5.41) is 8.89. The predicted molar refractivity (Wildman–Crippen MR) is 55.8 cm³/mol. The Morgan fingerprint density at radius 2 is 1.88 bits per heavy atom. The van der Waals surface area contributed by atoms with Crippen molar-refractivity contribution in [3.63, 3.8) is 0 Å². The lowest BCUT2D eigenvalue weighted by Gasteiger charge is -2.41. The van der Waals surface area contributed by atoms with Crippen LogP contribution in [0.15, 0.2) is 18.2 Å². The van der Waals surface area contributed by atoms with Gasteiger partial charge in [0.1, 0.15) is 23.5 Å². The van der Waals surface area contributed by atoms with Crippen LogP contribution in [0.5, 0.6) is 5.75 Å². The van der Waals surface area contributed by atoms with Gasteiger partial charge in [0.25, 0.3) is 0 Å². The number of aliphatic carboxylic acids is 1. The summed E-state index contributed by atoms with van der Waals surface area (Å²) in [5.41, 5.74) is -0.781. The van der Waals surface area contributed by atoms with Gasteiger partial charge in [-0.05, 0) is 6.92 Å². The van der Waals surface area contributed by atoms with E-state index in [9.17, 15) is 13.6 Å². The number of ether oxygens (including phenoxy) is 1. The molecule has 0 atom stereocenters. The Balaban J connectivity index is 1.98. The number of rotatable bonds is 3. The van der Waals surface area contributed by atoms with Crippen LogP contribution in [-0.2, 0) is 4.79 Å². The molecule has 17 heavy (non-hydrogen) atoms. The highest BCUT2D eigenvalue weighted by Gasteiger charge is 2.47. The molecule has 1 aliphatic carbocycles. The van der Waals surface area contributed by atoms with Gasteiger partial charge in [-0.3, -0.25) is 4.79 Å². The van der Waals surface area contributed by atoms with Crippen LogP contribution in [0.4, 0.5) is 8.78 Å². The summed E-state index contributed by atoms with van der Waals surface area (Å²) < 4.78 is 31.0. The van der Waals surface area contributed by atoms with Crippen LogP contribution in [0.1, 0.15) is 19.8 Å². The lowest BCUT2D eigenvalue weighted by Crippen LogP contribution is -2.47. The van der Waals surface area contributed by atoms with Crippen LogP contribution in [0.25, 0.3) is 0 Å². The van der Waals surface area contributed by atoms with Crippen LogP contribution in [-0.4, -0.2) is 17.2 Å². The second-order valence-electron chi connectivity index (χ2n) is 4.62. The fourth-order valence-corrected chi connectivity index (χ4v) is 1.99.